The predicted molar refractivity (Wildman–Crippen MR) is 102 cm³/mol. The van der Waals surface area contributed by atoms with E-state index in [1.807, 2.05) is 38.1 Å². The molecular weight excluding hydrogens is 330 g/mol. The minimum absolute atomic E-state index is 0.253. The van der Waals surface area contributed by atoms with E-state index in [1.165, 1.54) is 0 Å². The maximum absolute atomic E-state index is 12.6. The number of amides is 1. The van der Waals surface area contributed by atoms with Crippen molar-refractivity contribution in [2.75, 3.05) is 11.9 Å². The van der Waals surface area contributed by atoms with Gasteiger partial charge in [-0.15, -0.1) is 0 Å². The highest BCUT2D eigenvalue weighted by molar-refractivity contribution is 5.98. The SMILES string of the molecule is CCOC(=O)c1cccc(NC(=O)[C@H](CC)Oc2ccc(C)cc2)c1C. The lowest BCUT2D eigenvalue weighted by atomic mass is 10.1. The van der Waals surface area contributed by atoms with Crippen LogP contribution in [0.25, 0.3) is 0 Å². The summed E-state index contributed by atoms with van der Waals surface area (Å²) in [6.45, 7) is 7.72. The van der Waals surface area contributed by atoms with Crippen LogP contribution in [-0.4, -0.2) is 24.6 Å². The second-order valence-corrected chi connectivity index (χ2v) is 6.02. The van der Waals surface area contributed by atoms with Crippen molar-refractivity contribution in [2.24, 2.45) is 0 Å². The van der Waals surface area contributed by atoms with E-state index in [0.29, 0.717) is 35.6 Å². The quantitative estimate of drug-likeness (QED) is 0.753. The highest BCUT2D eigenvalue weighted by Crippen LogP contribution is 2.21. The van der Waals surface area contributed by atoms with Crippen molar-refractivity contribution in [1.82, 2.24) is 0 Å². The molecule has 5 nitrogen and oxygen atoms in total. The van der Waals surface area contributed by atoms with Crippen molar-refractivity contribution in [2.45, 2.75) is 40.2 Å². The standard InChI is InChI=1S/C21H25NO4/c1-5-19(26-16-12-10-14(3)11-13-16)20(23)22-18-9-7-8-17(15(18)4)21(24)25-6-2/h7-13,19H,5-6H2,1-4H3,(H,22,23)/t19-/m0/s1. The van der Waals surface area contributed by atoms with Crippen molar-refractivity contribution < 1.29 is 19.1 Å². The number of benzene rings is 2. The van der Waals surface area contributed by atoms with Crippen LogP contribution < -0.4 is 10.1 Å². The summed E-state index contributed by atoms with van der Waals surface area (Å²) in [5, 5.41) is 2.86. The Kier molecular flexibility index (Phi) is 6.78. The summed E-state index contributed by atoms with van der Waals surface area (Å²) in [4.78, 5) is 24.6. The van der Waals surface area contributed by atoms with Crippen LogP contribution >= 0.6 is 0 Å². The first kappa shape index (κ1) is 19.5. The molecule has 0 unspecified atom stereocenters. The molecule has 0 saturated heterocycles. The van der Waals surface area contributed by atoms with Gasteiger partial charge in [0.15, 0.2) is 6.10 Å². The molecule has 2 aromatic rings. The van der Waals surface area contributed by atoms with Crippen LogP contribution in [0, 0.1) is 13.8 Å². The second-order valence-electron chi connectivity index (χ2n) is 6.02. The first-order chi connectivity index (χ1) is 12.5. The molecule has 0 saturated carbocycles. The van der Waals surface area contributed by atoms with E-state index in [-0.39, 0.29) is 5.91 Å². The summed E-state index contributed by atoms with van der Waals surface area (Å²) in [5.74, 6) is -0.00386. The molecule has 0 spiro atoms. The van der Waals surface area contributed by atoms with Gasteiger partial charge in [0.1, 0.15) is 5.75 Å². The van der Waals surface area contributed by atoms with E-state index in [1.54, 1.807) is 32.0 Å². The van der Waals surface area contributed by atoms with Gasteiger partial charge in [0.05, 0.1) is 12.2 Å². The molecule has 1 amide bonds. The molecule has 1 N–H and O–H groups in total. The zero-order valence-electron chi connectivity index (χ0n) is 15.7. The van der Waals surface area contributed by atoms with Crippen molar-refractivity contribution in [3.8, 4) is 5.75 Å². The van der Waals surface area contributed by atoms with E-state index < -0.39 is 12.1 Å². The third kappa shape index (κ3) is 4.85. The summed E-state index contributed by atoms with van der Waals surface area (Å²) in [7, 11) is 0. The largest absolute Gasteiger partial charge is 0.481 e. The molecule has 0 fully saturated rings. The maximum Gasteiger partial charge on any atom is 0.338 e. The number of ether oxygens (including phenoxy) is 2. The average molecular weight is 355 g/mol. The lowest BCUT2D eigenvalue weighted by Crippen LogP contribution is -2.32. The Morgan fingerprint density at radius 3 is 2.35 bits per heavy atom. The second kappa shape index (κ2) is 9.04. The van der Waals surface area contributed by atoms with Gasteiger partial charge < -0.3 is 14.8 Å². The maximum atomic E-state index is 12.6. The first-order valence-corrected chi connectivity index (χ1v) is 8.77. The number of rotatable bonds is 7. The van der Waals surface area contributed by atoms with Gasteiger partial charge in [0.2, 0.25) is 0 Å². The summed E-state index contributed by atoms with van der Waals surface area (Å²) in [5.41, 5.74) is 2.81. The van der Waals surface area contributed by atoms with Crippen molar-refractivity contribution in [1.29, 1.82) is 0 Å². The Hall–Kier alpha value is -2.82. The summed E-state index contributed by atoms with van der Waals surface area (Å²) in [6, 6.07) is 12.7. The first-order valence-electron chi connectivity index (χ1n) is 8.77. The van der Waals surface area contributed by atoms with Gasteiger partial charge in [-0.2, -0.15) is 0 Å². The van der Waals surface area contributed by atoms with Gasteiger partial charge in [-0.1, -0.05) is 30.7 Å². The van der Waals surface area contributed by atoms with Crippen molar-refractivity contribution >= 4 is 17.6 Å². The van der Waals surface area contributed by atoms with Gasteiger partial charge in [-0.25, -0.2) is 4.79 Å². The van der Waals surface area contributed by atoms with E-state index in [9.17, 15) is 9.59 Å². The van der Waals surface area contributed by atoms with Gasteiger partial charge in [-0.05, 0) is 57.0 Å². The molecule has 0 bridgehead atoms. The third-order valence-corrected chi connectivity index (χ3v) is 4.05. The average Bonchev–Trinajstić information content (AvgIpc) is 2.63. The molecule has 2 aromatic carbocycles. The molecule has 0 heterocycles. The monoisotopic (exact) mass is 355 g/mol. The fourth-order valence-corrected chi connectivity index (χ4v) is 2.52. The Morgan fingerprint density at radius 2 is 1.73 bits per heavy atom. The fourth-order valence-electron chi connectivity index (χ4n) is 2.52. The molecule has 0 aliphatic rings. The van der Waals surface area contributed by atoms with Crippen molar-refractivity contribution in [3.63, 3.8) is 0 Å². The number of carbonyl (C=O) groups is 2. The van der Waals surface area contributed by atoms with Crippen LogP contribution in [0.5, 0.6) is 5.75 Å². The zero-order valence-corrected chi connectivity index (χ0v) is 15.7. The van der Waals surface area contributed by atoms with Gasteiger partial charge in [-0.3, -0.25) is 4.79 Å². The van der Waals surface area contributed by atoms with Gasteiger partial charge in [0.25, 0.3) is 5.91 Å². The van der Waals surface area contributed by atoms with Crippen LogP contribution in [0.2, 0.25) is 0 Å². The molecule has 138 valence electrons. The van der Waals surface area contributed by atoms with Crippen LogP contribution in [-0.2, 0) is 9.53 Å². The summed E-state index contributed by atoms with van der Waals surface area (Å²) in [6.07, 6.45) is -0.0978. The normalized spacial score (nSPS) is 11.5. The van der Waals surface area contributed by atoms with E-state index >= 15 is 0 Å². The summed E-state index contributed by atoms with van der Waals surface area (Å²) < 4.78 is 10.9. The molecule has 0 aliphatic carbocycles. The number of anilines is 1. The molecule has 5 heteroatoms. The number of esters is 1. The summed E-state index contributed by atoms with van der Waals surface area (Å²) >= 11 is 0. The number of carbonyl (C=O) groups excluding carboxylic acids is 2. The van der Waals surface area contributed by atoms with E-state index in [2.05, 4.69) is 5.32 Å². The highest BCUT2D eigenvalue weighted by atomic mass is 16.5. The number of nitrogens with one attached hydrogen (secondary N) is 1. The van der Waals surface area contributed by atoms with Crippen LogP contribution in [0.15, 0.2) is 42.5 Å². The number of hydrogen-bond acceptors (Lipinski definition) is 4. The van der Waals surface area contributed by atoms with Crippen LogP contribution in [0.1, 0.15) is 41.8 Å². The smallest absolute Gasteiger partial charge is 0.338 e. The minimum atomic E-state index is -0.622. The number of hydrogen-bond donors (Lipinski definition) is 1. The molecule has 1 atom stereocenters. The Bertz CT molecular complexity index is 768. The molecule has 0 radical (unpaired) electrons. The highest BCUT2D eigenvalue weighted by Gasteiger charge is 2.20. The lowest BCUT2D eigenvalue weighted by Gasteiger charge is -2.19. The molecule has 0 aliphatic heterocycles. The van der Waals surface area contributed by atoms with Crippen molar-refractivity contribution in [3.05, 3.63) is 59.2 Å². The fraction of sp³-hybridized carbons (Fsp3) is 0.333. The molecule has 26 heavy (non-hydrogen) atoms. The zero-order chi connectivity index (χ0) is 19.1. The molecular formula is C21H25NO4. The predicted octanol–water partition coefficient (Wildman–Crippen LogP) is 4.28. The Labute approximate surface area is 154 Å². The molecule has 2 rings (SSSR count). The van der Waals surface area contributed by atoms with E-state index in [0.717, 1.165) is 5.56 Å². The van der Waals surface area contributed by atoms with Crippen LogP contribution in [0.3, 0.4) is 0 Å². The van der Waals surface area contributed by atoms with E-state index in [4.69, 9.17) is 9.47 Å². The van der Waals surface area contributed by atoms with Gasteiger partial charge in [0, 0.05) is 5.69 Å². The number of aryl methyl sites for hydroxylation is 1. The Morgan fingerprint density at radius 1 is 1.04 bits per heavy atom. The van der Waals surface area contributed by atoms with Gasteiger partial charge >= 0.3 is 5.97 Å². The third-order valence-electron chi connectivity index (χ3n) is 4.05. The minimum Gasteiger partial charge on any atom is -0.481 e. The lowest BCUT2D eigenvalue weighted by molar-refractivity contribution is -0.122. The Balaban J connectivity index is 2.13. The molecule has 0 aromatic heterocycles. The topological polar surface area (TPSA) is 64.6 Å². The van der Waals surface area contributed by atoms with Crippen LogP contribution in [0.4, 0.5) is 5.69 Å².